The molecule has 0 bridgehead atoms. The van der Waals surface area contributed by atoms with Crippen LogP contribution in [0.25, 0.3) is 21.3 Å². The van der Waals surface area contributed by atoms with Gasteiger partial charge in [-0.05, 0) is 54.7 Å². The molecule has 0 radical (unpaired) electrons. The van der Waals surface area contributed by atoms with E-state index in [0.29, 0.717) is 15.0 Å². The van der Waals surface area contributed by atoms with E-state index >= 15 is 0 Å². The van der Waals surface area contributed by atoms with Crippen LogP contribution in [0, 0.1) is 0 Å². The summed E-state index contributed by atoms with van der Waals surface area (Å²) in [7, 11) is 0. The number of aromatic nitrogens is 1. The molecule has 168 valence electrons. The van der Waals surface area contributed by atoms with Gasteiger partial charge in [0.25, 0.3) is 5.91 Å². The number of carbonyl (C=O) groups excluding carboxylic acids is 1. The molecule has 5 nitrogen and oxygen atoms in total. The van der Waals surface area contributed by atoms with Crippen LogP contribution in [0.1, 0.15) is 9.67 Å². The molecule has 0 saturated heterocycles. The van der Waals surface area contributed by atoms with E-state index in [1.807, 2.05) is 84.2 Å². The third-order valence-corrected chi connectivity index (χ3v) is 7.46. The van der Waals surface area contributed by atoms with Gasteiger partial charge in [-0.15, -0.1) is 22.7 Å². The van der Waals surface area contributed by atoms with Crippen molar-refractivity contribution in [2.45, 2.75) is 0 Å². The Labute approximate surface area is 214 Å². The standard InChI is InChI=1S/C25H16ClN3O2S3/c26-21-18-8-4-5-9-20(18)34-22(21)23(30)28-24(32)29-25-27-19(14-33-25)15-10-12-17(13-11-15)31-16-6-2-1-3-7-16/h1-14H,(H2,27,28,29,30,32). The summed E-state index contributed by atoms with van der Waals surface area (Å²) < 4.78 is 6.78. The SMILES string of the molecule is O=C(NC(=S)Nc1nc(-c2ccc(Oc3ccccc3)cc2)cs1)c1sc2ccccc2c1Cl. The summed E-state index contributed by atoms with van der Waals surface area (Å²) in [5.74, 6) is 1.17. The number of thiazole rings is 1. The van der Waals surface area contributed by atoms with Crippen molar-refractivity contribution in [3.8, 4) is 22.8 Å². The highest BCUT2D eigenvalue weighted by Gasteiger charge is 2.18. The highest BCUT2D eigenvalue weighted by molar-refractivity contribution is 7.80. The van der Waals surface area contributed by atoms with Crippen molar-refractivity contribution in [1.82, 2.24) is 10.3 Å². The maximum Gasteiger partial charge on any atom is 0.269 e. The molecular weight excluding hydrogens is 506 g/mol. The minimum atomic E-state index is -0.352. The van der Waals surface area contributed by atoms with Crippen LogP contribution in [-0.2, 0) is 0 Å². The third kappa shape index (κ3) is 4.95. The second-order valence-corrected chi connectivity index (χ2v) is 9.82. The lowest BCUT2D eigenvalue weighted by Crippen LogP contribution is -2.33. The summed E-state index contributed by atoms with van der Waals surface area (Å²) in [5, 5.41) is 9.59. The Bertz CT molecular complexity index is 1480. The van der Waals surface area contributed by atoms with Gasteiger partial charge in [-0.1, -0.05) is 48.0 Å². The number of fused-ring (bicyclic) bond motifs is 1. The molecule has 2 heterocycles. The van der Waals surface area contributed by atoms with E-state index in [9.17, 15) is 4.79 Å². The lowest BCUT2D eigenvalue weighted by Gasteiger charge is -2.06. The molecule has 0 aliphatic rings. The van der Waals surface area contributed by atoms with E-state index in [4.69, 9.17) is 28.6 Å². The number of anilines is 1. The predicted octanol–water partition coefficient (Wildman–Crippen LogP) is 7.60. The predicted molar refractivity (Wildman–Crippen MR) is 145 cm³/mol. The average Bonchev–Trinajstić information content (AvgIpc) is 3.45. The van der Waals surface area contributed by atoms with Gasteiger partial charge in [0.1, 0.15) is 16.4 Å². The van der Waals surface area contributed by atoms with Gasteiger partial charge >= 0.3 is 0 Å². The number of benzene rings is 3. The van der Waals surface area contributed by atoms with E-state index in [1.165, 1.54) is 22.7 Å². The monoisotopic (exact) mass is 521 g/mol. The molecular formula is C25H16ClN3O2S3. The molecule has 34 heavy (non-hydrogen) atoms. The van der Waals surface area contributed by atoms with E-state index in [1.54, 1.807) is 0 Å². The molecule has 5 aromatic rings. The van der Waals surface area contributed by atoms with Gasteiger partial charge in [0.15, 0.2) is 10.2 Å². The fourth-order valence-electron chi connectivity index (χ4n) is 3.23. The van der Waals surface area contributed by atoms with Crippen molar-refractivity contribution < 1.29 is 9.53 Å². The van der Waals surface area contributed by atoms with Crippen LogP contribution in [0.3, 0.4) is 0 Å². The molecule has 2 aromatic heterocycles. The second kappa shape index (κ2) is 9.90. The first kappa shape index (κ1) is 22.5. The van der Waals surface area contributed by atoms with Crippen LogP contribution < -0.4 is 15.4 Å². The number of para-hydroxylation sites is 1. The molecule has 0 aliphatic heterocycles. The largest absolute Gasteiger partial charge is 0.457 e. The number of ether oxygens (including phenoxy) is 1. The van der Waals surface area contributed by atoms with Gasteiger partial charge in [0, 0.05) is 21.0 Å². The van der Waals surface area contributed by atoms with E-state index in [0.717, 1.165) is 32.8 Å². The van der Waals surface area contributed by atoms with Gasteiger partial charge in [0.05, 0.1) is 10.7 Å². The number of hydrogen-bond acceptors (Lipinski definition) is 6. The molecule has 0 spiro atoms. The maximum atomic E-state index is 12.7. The molecule has 2 N–H and O–H groups in total. The van der Waals surface area contributed by atoms with Crippen LogP contribution in [0.5, 0.6) is 11.5 Å². The summed E-state index contributed by atoms with van der Waals surface area (Å²) in [6, 6.07) is 24.9. The van der Waals surface area contributed by atoms with Crippen LogP contribution >= 0.6 is 46.5 Å². The minimum absolute atomic E-state index is 0.158. The van der Waals surface area contributed by atoms with Crippen LogP contribution in [0.4, 0.5) is 5.13 Å². The number of amides is 1. The minimum Gasteiger partial charge on any atom is -0.457 e. The van der Waals surface area contributed by atoms with Crippen LogP contribution in [0.2, 0.25) is 5.02 Å². The topological polar surface area (TPSA) is 63.2 Å². The smallest absolute Gasteiger partial charge is 0.269 e. The zero-order chi connectivity index (χ0) is 23.5. The van der Waals surface area contributed by atoms with Crippen molar-refractivity contribution in [3.05, 3.63) is 94.1 Å². The maximum absolute atomic E-state index is 12.7. The number of thiocarbonyl (C=S) groups is 1. The summed E-state index contributed by atoms with van der Waals surface area (Å²) in [6.45, 7) is 0. The Balaban J connectivity index is 1.22. The van der Waals surface area contributed by atoms with Gasteiger partial charge in [-0.3, -0.25) is 10.1 Å². The van der Waals surface area contributed by atoms with Crippen molar-refractivity contribution >= 4 is 72.7 Å². The molecule has 0 saturated carbocycles. The van der Waals surface area contributed by atoms with E-state index < -0.39 is 0 Å². The van der Waals surface area contributed by atoms with Gasteiger partial charge in [-0.2, -0.15) is 0 Å². The first-order chi connectivity index (χ1) is 16.6. The van der Waals surface area contributed by atoms with Gasteiger partial charge < -0.3 is 10.1 Å². The zero-order valence-corrected chi connectivity index (χ0v) is 20.7. The van der Waals surface area contributed by atoms with Crippen LogP contribution in [-0.4, -0.2) is 16.0 Å². The quantitative estimate of drug-likeness (QED) is 0.233. The number of hydrogen-bond donors (Lipinski definition) is 2. The Morgan fingerprint density at radius 1 is 0.941 bits per heavy atom. The van der Waals surface area contributed by atoms with Crippen molar-refractivity contribution in [2.24, 2.45) is 0 Å². The summed E-state index contributed by atoms with van der Waals surface area (Å²) in [5.41, 5.74) is 1.73. The fraction of sp³-hybridized carbons (Fsp3) is 0. The third-order valence-electron chi connectivity index (χ3n) is 4.82. The van der Waals surface area contributed by atoms with Gasteiger partial charge in [0.2, 0.25) is 0 Å². The number of nitrogens with zero attached hydrogens (tertiary/aromatic N) is 1. The Hall–Kier alpha value is -3.30. The Morgan fingerprint density at radius 2 is 1.65 bits per heavy atom. The molecule has 0 aliphatic carbocycles. The zero-order valence-electron chi connectivity index (χ0n) is 17.4. The van der Waals surface area contributed by atoms with E-state index in [2.05, 4.69) is 15.6 Å². The lowest BCUT2D eigenvalue weighted by atomic mass is 10.2. The molecule has 5 rings (SSSR count). The molecule has 1 amide bonds. The van der Waals surface area contributed by atoms with Gasteiger partial charge in [-0.25, -0.2) is 4.98 Å². The number of thiophene rings is 1. The highest BCUT2D eigenvalue weighted by Crippen LogP contribution is 2.35. The summed E-state index contributed by atoms with van der Waals surface area (Å²) >= 11 is 14.4. The first-order valence-corrected chi connectivity index (χ1v) is 12.6. The van der Waals surface area contributed by atoms with Crippen molar-refractivity contribution in [1.29, 1.82) is 0 Å². The second-order valence-electron chi connectivity index (χ2n) is 7.13. The summed E-state index contributed by atoms with van der Waals surface area (Å²) in [6.07, 6.45) is 0. The molecule has 0 unspecified atom stereocenters. The lowest BCUT2D eigenvalue weighted by molar-refractivity contribution is 0.0982. The number of rotatable bonds is 5. The molecule has 3 aromatic carbocycles. The number of nitrogens with one attached hydrogen (secondary N) is 2. The average molecular weight is 522 g/mol. The number of carbonyl (C=O) groups is 1. The molecule has 9 heteroatoms. The number of halogens is 1. The summed E-state index contributed by atoms with van der Waals surface area (Å²) in [4.78, 5) is 17.7. The fourth-order valence-corrected chi connectivity index (χ4v) is 5.62. The van der Waals surface area contributed by atoms with E-state index in [-0.39, 0.29) is 11.0 Å². The Morgan fingerprint density at radius 3 is 2.41 bits per heavy atom. The first-order valence-electron chi connectivity index (χ1n) is 10.1. The van der Waals surface area contributed by atoms with Crippen molar-refractivity contribution in [2.75, 3.05) is 5.32 Å². The Kier molecular flexibility index (Phi) is 6.55. The molecule has 0 fully saturated rings. The van der Waals surface area contributed by atoms with Crippen LogP contribution in [0.15, 0.2) is 84.2 Å². The van der Waals surface area contributed by atoms with Crippen molar-refractivity contribution in [3.63, 3.8) is 0 Å². The highest BCUT2D eigenvalue weighted by atomic mass is 35.5. The molecule has 0 atom stereocenters. The normalized spacial score (nSPS) is 10.7.